The lowest BCUT2D eigenvalue weighted by Crippen LogP contribution is -2.54. The van der Waals surface area contributed by atoms with Crippen molar-refractivity contribution in [2.75, 3.05) is 6.61 Å². The summed E-state index contributed by atoms with van der Waals surface area (Å²) >= 11 is 0. The molecule has 0 bridgehead atoms. The first-order valence-corrected chi connectivity index (χ1v) is 4.23. The number of nitrogens with zero attached hydrogens (tertiary/aromatic N) is 1. The molecule has 0 heterocycles. The van der Waals surface area contributed by atoms with Crippen molar-refractivity contribution in [1.29, 1.82) is 0 Å². The summed E-state index contributed by atoms with van der Waals surface area (Å²) in [6, 6.07) is 0. The predicted octanol–water partition coefficient (Wildman–Crippen LogP) is -4.78. The first-order valence-electron chi connectivity index (χ1n) is 4.23. The number of nitrogens with two attached hydrogens (primary N) is 2. The van der Waals surface area contributed by atoms with E-state index >= 15 is 0 Å². The van der Waals surface area contributed by atoms with Gasteiger partial charge in [0.05, 0.1) is 6.61 Å². The molecule has 0 unspecified atom stereocenters. The summed E-state index contributed by atoms with van der Waals surface area (Å²) in [6.45, 7) is -0.880. The standard InChI is InChI=1S/C7H15N3O6/c8-6(9)10-7(16,2-12)5(15)4(14)3(13)1-11/h2-5,11,13-16H,1H2,(H4,8,9,10)/t3-,4-,5+,7+/m1/s1. The first kappa shape index (κ1) is 14.7. The summed E-state index contributed by atoms with van der Waals surface area (Å²) in [5, 5.41) is 45.5. The third kappa shape index (κ3) is 3.40. The van der Waals surface area contributed by atoms with Crippen LogP contribution in [0.5, 0.6) is 0 Å². The minimum atomic E-state index is -2.78. The van der Waals surface area contributed by atoms with E-state index in [1.165, 1.54) is 0 Å². The number of aliphatic hydroxyl groups is 5. The highest BCUT2D eigenvalue weighted by Crippen LogP contribution is 2.15. The van der Waals surface area contributed by atoms with Gasteiger partial charge in [0.15, 0.2) is 12.2 Å². The number of carbonyl (C=O) groups is 1. The molecule has 0 aliphatic carbocycles. The summed E-state index contributed by atoms with van der Waals surface area (Å²) in [5.41, 5.74) is 7.03. The van der Waals surface area contributed by atoms with Gasteiger partial charge < -0.3 is 37.0 Å². The molecular weight excluding hydrogens is 222 g/mol. The number of guanidine groups is 1. The number of hydrogen-bond acceptors (Lipinski definition) is 7. The van der Waals surface area contributed by atoms with Crippen LogP contribution in [-0.2, 0) is 4.79 Å². The van der Waals surface area contributed by atoms with Crippen molar-refractivity contribution in [2.24, 2.45) is 16.5 Å². The maximum atomic E-state index is 10.5. The predicted molar refractivity (Wildman–Crippen MR) is 51.9 cm³/mol. The van der Waals surface area contributed by atoms with Crippen LogP contribution in [0.4, 0.5) is 0 Å². The van der Waals surface area contributed by atoms with Crippen LogP contribution in [-0.4, -0.2) is 68.4 Å². The van der Waals surface area contributed by atoms with Gasteiger partial charge in [-0.15, -0.1) is 0 Å². The van der Waals surface area contributed by atoms with Crippen LogP contribution in [0.1, 0.15) is 0 Å². The highest BCUT2D eigenvalue weighted by molar-refractivity contribution is 5.79. The quantitative estimate of drug-likeness (QED) is 0.136. The average molecular weight is 237 g/mol. The number of hydrogen-bond donors (Lipinski definition) is 7. The topological polar surface area (TPSA) is 183 Å². The summed E-state index contributed by atoms with van der Waals surface area (Å²) in [4.78, 5) is 13.6. The van der Waals surface area contributed by atoms with Crippen molar-refractivity contribution in [1.82, 2.24) is 0 Å². The van der Waals surface area contributed by atoms with Gasteiger partial charge in [0.25, 0.3) is 0 Å². The molecule has 0 radical (unpaired) electrons. The molecule has 16 heavy (non-hydrogen) atoms. The van der Waals surface area contributed by atoms with Crippen molar-refractivity contribution >= 4 is 12.2 Å². The Labute approximate surface area is 90.6 Å². The number of carbonyl (C=O) groups excluding carboxylic acids is 1. The van der Waals surface area contributed by atoms with Crippen LogP contribution in [0.15, 0.2) is 4.99 Å². The molecule has 0 saturated carbocycles. The fourth-order valence-electron chi connectivity index (χ4n) is 0.939. The monoisotopic (exact) mass is 237 g/mol. The fraction of sp³-hybridized carbons (Fsp3) is 0.714. The highest BCUT2D eigenvalue weighted by Gasteiger charge is 2.42. The van der Waals surface area contributed by atoms with Gasteiger partial charge in [0.1, 0.15) is 18.3 Å². The number of rotatable bonds is 6. The van der Waals surface area contributed by atoms with Gasteiger partial charge in [0, 0.05) is 0 Å². The SMILES string of the molecule is NC(N)=N[C@](O)(C=O)[C@@H](O)[C@H](O)[C@H](O)CO. The molecule has 94 valence electrons. The second kappa shape index (κ2) is 5.72. The van der Waals surface area contributed by atoms with Gasteiger partial charge in [0.2, 0.25) is 5.72 Å². The molecule has 0 aromatic rings. The van der Waals surface area contributed by atoms with Gasteiger partial charge in [-0.3, -0.25) is 4.79 Å². The van der Waals surface area contributed by atoms with Crippen LogP contribution in [0.25, 0.3) is 0 Å². The van der Waals surface area contributed by atoms with E-state index in [1.54, 1.807) is 0 Å². The molecule has 0 aliphatic heterocycles. The van der Waals surface area contributed by atoms with E-state index < -0.39 is 36.6 Å². The van der Waals surface area contributed by atoms with Crippen LogP contribution in [0, 0.1) is 0 Å². The minimum Gasteiger partial charge on any atom is -0.394 e. The molecule has 0 spiro atoms. The molecule has 0 aromatic carbocycles. The molecule has 0 rings (SSSR count). The van der Waals surface area contributed by atoms with Gasteiger partial charge in [-0.05, 0) is 0 Å². The molecule has 4 atom stereocenters. The zero-order chi connectivity index (χ0) is 12.9. The smallest absolute Gasteiger partial charge is 0.245 e. The first-order chi connectivity index (χ1) is 7.28. The molecule has 9 nitrogen and oxygen atoms in total. The molecule has 0 fully saturated rings. The van der Waals surface area contributed by atoms with Crippen molar-refractivity contribution in [2.45, 2.75) is 24.0 Å². The maximum Gasteiger partial charge on any atom is 0.245 e. The lowest BCUT2D eigenvalue weighted by Gasteiger charge is -2.29. The molecule has 9 heteroatoms. The third-order valence-corrected chi connectivity index (χ3v) is 1.82. The lowest BCUT2D eigenvalue weighted by atomic mass is 9.99. The van der Waals surface area contributed by atoms with Gasteiger partial charge in [-0.1, -0.05) is 0 Å². The molecule has 0 aromatic heterocycles. The van der Waals surface area contributed by atoms with Gasteiger partial charge >= 0.3 is 0 Å². The van der Waals surface area contributed by atoms with E-state index in [2.05, 4.69) is 4.99 Å². The van der Waals surface area contributed by atoms with E-state index in [0.29, 0.717) is 0 Å². The van der Waals surface area contributed by atoms with Crippen molar-refractivity contribution in [3.05, 3.63) is 0 Å². The van der Waals surface area contributed by atoms with Crippen molar-refractivity contribution in [3.8, 4) is 0 Å². The van der Waals surface area contributed by atoms with E-state index in [1.807, 2.05) is 0 Å². The molecule has 0 amide bonds. The Hall–Kier alpha value is -1.26. The molecule has 9 N–H and O–H groups in total. The van der Waals surface area contributed by atoms with Crippen LogP contribution < -0.4 is 11.5 Å². The summed E-state index contributed by atoms with van der Waals surface area (Å²) in [7, 11) is 0. The van der Waals surface area contributed by atoms with Crippen LogP contribution >= 0.6 is 0 Å². The maximum absolute atomic E-state index is 10.5. The number of aliphatic hydroxyl groups excluding tert-OH is 4. The zero-order valence-corrected chi connectivity index (χ0v) is 8.26. The van der Waals surface area contributed by atoms with Crippen LogP contribution in [0.3, 0.4) is 0 Å². The summed E-state index contributed by atoms with van der Waals surface area (Å²) in [5.74, 6) is -0.695. The Balaban J connectivity index is 4.97. The third-order valence-electron chi connectivity index (χ3n) is 1.82. The number of aliphatic imine (C=N–C) groups is 1. The minimum absolute atomic E-state index is 0.204. The van der Waals surface area contributed by atoms with Crippen molar-refractivity contribution in [3.63, 3.8) is 0 Å². The lowest BCUT2D eigenvalue weighted by molar-refractivity contribution is -0.162. The largest absolute Gasteiger partial charge is 0.394 e. The van der Waals surface area contributed by atoms with Crippen molar-refractivity contribution < 1.29 is 30.3 Å². The Bertz CT molecular complexity index is 269. The summed E-state index contributed by atoms with van der Waals surface area (Å²) < 4.78 is 0. The van der Waals surface area contributed by atoms with E-state index in [9.17, 15) is 20.1 Å². The van der Waals surface area contributed by atoms with Crippen LogP contribution in [0.2, 0.25) is 0 Å². The molecule has 0 aliphatic rings. The van der Waals surface area contributed by atoms with E-state index in [0.717, 1.165) is 0 Å². The Morgan fingerprint density at radius 1 is 1.38 bits per heavy atom. The summed E-state index contributed by atoms with van der Waals surface area (Å²) in [6.07, 6.45) is -6.14. The fourth-order valence-corrected chi connectivity index (χ4v) is 0.939. The van der Waals surface area contributed by atoms with Gasteiger partial charge in [-0.2, -0.15) is 0 Å². The second-order valence-electron chi connectivity index (χ2n) is 3.12. The molecule has 0 saturated heterocycles. The Kier molecular flexibility index (Phi) is 5.27. The Morgan fingerprint density at radius 2 is 1.88 bits per heavy atom. The van der Waals surface area contributed by atoms with Gasteiger partial charge in [-0.25, -0.2) is 4.99 Å². The zero-order valence-electron chi connectivity index (χ0n) is 8.26. The average Bonchev–Trinajstić information content (AvgIpc) is 2.24. The molecular formula is C7H15N3O6. The van der Waals surface area contributed by atoms with E-state index in [-0.39, 0.29) is 6.29 Å². The highest BCUT2D eigenvalue weighted by atomic mass is 16.4. The Morgan fingerprint density at radius 3 is 2.19 bits per heavy atom. The normalized spacial score (nSPS) is 20.3. The number of aldehydes is 1. The van der Waals surface area contributed by atoms with E-state index in [4.69, 9.17) is 21.7 Å². The second-order valence-corrected chi connectivity index (χ2v) is 3.12.